The van der Waals surface area contributed by atoms with Crippen LogP contribution in [-0.4, -0.2) is 5.78 Å². The summed E-state index contributed by atoms with van der Waals surface area (Å²) in [6, 6.07) is 6.52. The van der Waals surface area contributed by atoms with Gasteiger partial charge in [-0.1, -0.05) is 12.1 Å². The summed E-state index contributed by atoms with van der Waals surface area (Å²) in [6.45, 7) is 1.64. The summed E-state index contributed by atoms with van der Waals surface area (Å²) in [7, 11) is 0. The molecule has 88 valence electrons. The lowest BCUT2D eigenvalue weighted by atomic mass is 10.0. The third kappa shape index (κ3) is 2.51. The summed E-state index contributed by atoms with van der Waals surface area (Å²) in [6.07, 6.45) is 0. The van der Waals surface area contributed by atoms with E-state index in [2.05, 4.69) is 31.9 Å². The van der Waals surface area contributed by atoms with E-state index in [1.54, 1.807) is 25.1 Å². The van der Waals surface area contributed by atoms with Crippen LogP contribution in [0.5, 0.6) is 0 Å². The Bertz CT molecular complexity index is 592. The molecule has 0 fully saturated rings. The Labute approximate surface area is 119 Å². The molecule has 0 N–H and O–H groups in total. The van der Waals surface area contributed by atoms with E-state index in [9.17, 15) is 9.18 Å². The van der Waals surface area contributed by atoms with E-state index in [-0.39, 0.29) is 11.3 Å². The van der Waals surface area contributed by atoms with Gasteiger partial charge in [0.15, 0.2) is 5.78 Å². The number of hydrogen-bond donors (Lipinski definition) is 0. The van der Waals surface area contributed by atoms with Gasteiger partial charge >= 0.3 is 0 Å². The number of ketones is 1. The summed E-state index contributed by atoms with van der Waals surface area (Å²) in [5, 5.41) is 0. The van der Waals surface area contributed by atoms with Gasteiger partial charge in [-0.2, -0.15) is 0 Å². The van der Waals surface area contributed by atoms with Crippen molar-refractivity contribution in [3.05, 3.63) is 54.3 Å². The highest BCUT2D eigenvalue weighted by atomic mass is 79.9. The molecule has 1 aromatic heterocycles. The van der Waals surface area contributed by atoms with E-state index in [1.165, 1.54) is 17.4 Å². The molecule has 0 amide bonds. The van der Waals surface area contributed by atoms with Crippen LogP contribution in [0.1, 0.15) is 21.5 Å². The van der Waals surface area contributed by atoms with Crippen LogP contribution in [0.4, 0.5) is 4.39 Å². The fourth-order valence-corrected chi connectivity index (χ4v) is 4.26. The lowest BCUT2D eigenvalue weighted by Gasteiger charge is -2.03. The SMILES string of the molecule is Cc1cccc(C(=O)c2cc(Br)sc2Br)c1F. The van der Waals surface area contributed by atoms with Gasteiger partial charge in [0, 0.05) is 5.56 Å². The predicted molar refractivity (Wildman–Crippen MR) is 74.3 cm³/mol. The first-order valence-corrected chi connectivity index (χ1v) is 7.15. The van der Waals surface area contributed by atoms with E-state index >= 15 is 0 Å². The second kappa shape index (κ2) is 5.00. The number of hydrogen-bond acceptors (Lipinski definition) is 2. The highest BCUT2D eigenvalue weighted by molar-refractivity contribution is 9.12. The van der Waals surface area contributed by atoms with Gasteiger partial charge in [0.05, 0.1) is 13.1 Å². The molecule has 0 saturated carbocycles. The molecule has 0 unspecified atom stereocenters. The van der Waals surface area contributed by atoms with E-state index in [4.69, 9.17) is 0 Å². The van der Waals surface area contributed by atoms with Crippen LogP contribution in [0.15, 0.2) is 31.8 Å². The Morgan fingerprint density at radius 2 is 2.00 bits per heavy atom. The Hall–Kier alpha value is -0.520. The van der Waals surface area contributed by atoms with Gasteiger partial charge < -0.3 is 0 Å². The van der Waals surface area contributed by atoms with Gasteiger partial charge in [-0.3, -0.25) is 4.79 Å². The zero-order valence-corrected chi connectivity index (χ0v) is 12.7. The molecule has 0 spiro atoms. The normalized spacial score (nSPS) is 10.6. The first-order chi connectivity index (χ1) is 8.00. The molecule has 0 saturated heterocycles. The maximum atomic E-state index is 13.8. The lowest BCUT2D eigenvalue weighted by molar-refractivity contribution is 0.103. The van der Waals surface area contributed by atoms with Crippen molar-refractivity contribution in [2.75, 3.05) is 0 Å². The van der Waals surface area contributed by atoms with Crippen LogP contribution in [-0.2, 0) is 0 Å². The van der Waals surface area contributed by atoms with E-state index in [0.29, 0.717) is 14.9 Å². The van der Waals surface area contributed by atoms with Gasteiger partial charge in [-0.05, 0) is 56.5 Å². The summed E-state index contributed by atoms with van der Waals surface area (Å²) in [5.41, 5.74) is 1.06. The third-order valence-electron chi connectivity index (χ3n) is 2.34. The highest BCUT2D eigenvalue weighted by Gasteiger charge is 2.19. The minimum absolute atomic E-state index is 0.107. The molecule has 0 aliphatic rings. The lowest BCUT2D eigenvalue weighted by Crippen LogP contribution is -2.04. The number of halogens is 3. The second-order valence-corrected chi connectivity index (χ2v) is 7.25. The van der Waals surface area contributed by atoms with Gasteiger partial charge in [-0.25, -0.2) is 4.39 Å². The van der Waals surface area contributed by atoms with Crippen molar-refractivity contribution in [1.82, 2.24) is 0 Å². The van der Waals surface area contributed by atoms with Crippen LogP contribution in [0.3, 0.4) is 0 Å². The molecule has 5 heteroatoms. The molecule has 0 radical (unpaired) electrons. The quantitative estimate of drug-likeness (QED) is 0.676. The van der Waals surface area contributed by atoms with Crippen LogP contribution in [0.25, 0.3) is 0 Å². The van der Waals surface area contributed by atoms with Crippen LogP contribution in [0, 0.1) is 12.7 Å². The van der Waals surface area contributed by atoms with Gasteiger partial charge in [0.1, 0.15) is 5.82 Å². The van der Waals surface area contributed by atoms with Crippen LogP contribution < -0.4 is 0 Å². The van der Waals surface area contributed by atoms with Crippen molar-refractivity contribution in [1.29, 1.82) is 0 Å². The number of benzene rings is 1. The number of rotatable bonds is 2. The number of thiophene rings is 1. The van der Waals surface area contributed by atoms with Gasteiger partial charge in [0.25, 0.3) is 0 Å². The molecular formula is C12H7Br2FOS. The average molecular weight is 378 g/mol. The minimum Gasteiger partial charge on any atom is -0.288 e. The van der Waals surface area contributed by atoms with E-state index < -0.39 is 5.82 Å². The maximum Gasteiger partial charge on any atom is 0.198 e. The van der Waals surface area contributed by atoms with Crippen molar-refractivity contribution in [2.24, 2.45) is 0 Å². The monoisotopic (exact) mass is 376 g/mol. The molecule has 1 heterocycles. The average Bonchev–Trinajstić information content (AvgIpc) is 2.61. The van der Waals surface area contributed by atoms with E-state index in [0.717, 1.165) is 3.79 Å². The van der Waals surface area contributed by atoms with E-state index in [1.807, 2.05) is 0 Å². The predicted octanol–water partition coefficient (Wildman–Crippen LogP) is 4.95. The molecular weight excluding hydrogens is 371 g/mol. The van der Waals surface area contributed by atoms with Crippen molar-refractivity contribution in [3.63, 3.8) is 0 Å². The fraction of sp³-hybridized carbons (Fsp3) is 0.0833. The third-order valence-corrected chi connectivity index (χ3v) is 4.68. The molecule has 17 heavy (non-hydrogen) atoms. The Kier molecular flexibility index (Phi) is 3.80. The molecule has 0 aliphatic carbocycles. The first kappa shape index (κ1) is 12.9. The smallest absolute Gasteiger partial charge is 0.198 e. The van der Waals surface area contributed by atoms with Crippen LogP contribution >= 0.6 is 43.2 Å². The maximum absolute atomic E-state index is 13.8. The zero-order valence-electron chi connectivity index (χ0n) is 8.76. The minimum atomic E-state index is -0.452. The molecule has 1 aromatic carbocycles. The molecule has 1 nitrogen and oxygen atoms in total. The van der Waals surface area contributed by atoms with Crippen molar-refractivity contribution in [3.8, 4) is 0 Å². The van der Waals surface area contributed by atoms with Crippen molar-refractivity contribution >= 4 is 49.0 Å². The summed E-state index contributed by atoms with van der Waals surface area (Å²) in [5.74, 6) is -0.758. The summed E-state index contributed by atoms with van der Waals surface area (Å²) in [4.78, 5) is 12.2. The van der Waals surface area contributed by atoms with Gasteiger partial charge in [0.2, 0.25) is 0 Å². The topological polar surface area (TPSA) is 17.1 Å². The second-order valence-electron chi connectivity index (χ2n) is 3.50. The Morgan fingerprint density at radius 1 is 1.29 bits per heavy atom. The molecule has 0 aliphatic heterocycles. The Morgan fingerprint density at radius 3 is 2.59 bits per heavy atom. The van der Waals surface area contributed by atoms with Gasteiger partial charge in [-0.15, -0.1) is 11.3 Å². The molecule has 2 rings (SSSR count). The van der Waals surface area contributed by atoms with Crippen LogP contribution in [0.2, 0.25) is 0 Å². The molecule has 2 aromatic rings. The number of aryl methyl sites for hydroxylation is 1. The molecule has 0 atom stereocenters. The summed E-state index contributed by atoms with van der Waals surface area (Å²) < 4.78 is 15.4. The fourth-order valence-electron chi connectivity index (χ4n) is 1.46. The summed E-state index contributed by atoms with van der Waals surface area (Å²) >= 11 is 7.99. The first-order valence-electron chi connectivity index (χ1n) is 4.75. The van der Waals surface area contributed by atoms with Crippen molar-refractivity contribution < 1.29 is 9.18 Å². The number of carbonyl (C=O) groups is 1. The van der Waals surface area contributed by atoms with Crippen molar-refractivity contribution in [2.45, 2.75) is 6.92 Å². The molecule has 0 bridgehead atoms. The Balaban J connectivity index is 2.51. The number of carbonyl (C=O) groups excluding carboxylic acids is 1. The standard InChI is InChI=1S/C12H7Br2FOS/c1-6-3-2-4-7(10(6)15)11(16)8-5-9(13)17-12(8)14/h2-5H,1H3. The zero-order chi connectivity index (χ0) is 12.6. The largest absolute Gasteiger partial charge is 0.288 e. The highest BCUT2D eigenvalue weighted by Crippen LogP contribution is 2.33.